The first-order valence-corrected chi connectivity index (χ1v) is 6.96. The lowest BCUT2D eigenvalue weighted by Crippen LogP contribution is -2.36. The fraction of sp³-hybridized carbons (Fsp3) is 0.700. The number of hydrogen-bond acceptors (Lipinski definition) is 5. The van der Waals surface area contributed by atoms with Gasteiger partial charge in [-0.2, -0.15) is 4.31 Å². The van der Waals surface area contributed by atoms with E-state index in [0.29, 0.717) is 31.1 Å². The Balaban J connectivity index is 3.09. The Morgan fingerprint density at radius 2 is 2.06 bits per heavy atom. The molecule has 7 heteroatoms. The molecular formula is C10H19N3O3S. The first-order valence-electron chi connectivity index (χ1n) is 5.52. The van der Waals surface area contributed by atoms with Crippen LogP contribution in [0, 0.1) is 13.8 Å². The van der Waals surface area contributed by atoms with E-state index in [1.165, 1.54) is 4.31 Å². The topological polar surface area (TPSA) is 75.4 Å². The van der Waals surface area contributed by atoms with E-state index in [0.717, 1.165) is 0 Å². The van der Waals surface area contributed by atoms with Crippen molar-refractivity contribution in [2.24, 2.45) is 0 Å². The van der Waals surface area contributed by atoms with Gasteiger partial charge in [0.1, 0.15) is 10.6 Å². The maximum atomic E-state index is 12.4. The third-order valence-corrected chi connectivity index (χ3v) is 4.75. The van der Waals surface area contributed by atoms with Crippen molar-refractivity contribution >= 4 is 10.0 Å². The number of likely N-dealkylation sites (N-methyl/N-ethyl adjacent to an activating group) is 2. The van der Waals surface area contributed by atoms with Gasteiger partial charge in [0.15, 0.2) is 5.76 Å². The summed E-state index contributed by atoms with van der Waals surface area (Å²) in [4.78, 5) is 0.190. The van der Waals surface area contributed by atoms with Gasteiger partial charge in [0.25, 0.3) is 0 Å². The van der Waals surface area contributed by atoms with Gasteiger partial charge in [-0.3, -0.25) is 0 Å². The molecule has 1 aromatic heterocycles. The van der Waals surface area contributed by atoms with Crippen LogP contribution in [-0.2, 0) is 10.0 Å². The molecule has 0 aliphatic heterocycles. The molecule has 1 aromatic rings. The van der Waals surface area contributed by atoms with Gasteiger partial charge in [-0.1, -0.05) is 12.1 Å². The van der Waals surface area contributed by atoms with Gasteiger partial charge in [-0.15, -0.1) is 0 Å². The zero-order valence-electron chi connectivity index (χ0n) is 10.6. The lowest BCUT2D eigenvalue weighted by atomic mass is 10.4. The lowest BCUT2D eigenvalue weighted by Gasteiger charge is -2.19. The summed E-state index contributed by atoms with van der Waals surface area (Å²) in [5.74, 6) is 0.338. The molecule has 0 aliphatic carbocycles. The summed E-state index contributed by atoms with van der Waals surface area (Å²) in [6.07, 6.45) is 0. The minimum absolute atomic E-state index is 0.190. The highest BCUT2D eigenvalue weighted by atomic mass is 32.2. The van der Waals surface area contributed by atoms with E-state index in [2.05, 4.69) is 10.5 Å². The fourth-order valence-corrected chi connectivity index (χ4v) is 3.40. The fourth-order valence-electron chi connectivity index (χ4n) is 1.66. The Bertz CT molecular complexity index is 448. The van der Waals surface area contributed by atoms with Crippen LogP contribution in [0.3, 0.4) is 0 Å². The van der Waals surface area contributed by atoms with Crippen LogP contribution in [-0.4, -0.2) is 44.6 Å². The average molecular weight is 261 g/mol. The predicted octanol–water partition coefficient (Wildman–Crippen LogP) is 0.521. The van der Waals surface area contributed by atoms with Crippen molar-refractivity contribution in [1.29, 1.82) is 0 Å². The zero-order valence-corrected chi connectivity index (χ0v) is 11.5. The van der Waals surface area contributed by atoms with Crippen LogP contribution in [0.15, 0.2) is 9.42 Å². The minimum Gasteiger partial charge on any atom is -0.360 e. The second kappa shape index (κ2) is 5.61. The van der Waals surface area contributed by atoms with Gasteiger partial charge in [-0.25, -0.2) is 8.42 Å². The molecule has 0 atom stereocenters. The Labute approximate surface area is 102 Å². The standard InChI is InChI=1S/C10H19N3O3S/c1-5-13(7-6-11-4)17(14,15)10-8(2)12-16-9(10)3/h11H,5-7H2,1-4H3. The number of aryl methyl sites for hydroxylation is 2. The van der Waals surface area contributed by atoms with Gasteiger partial charge in [0, 0.05) is 19.6 Å². The molecule has 1 rings (SSSR count). The van der Waals surface area contributed by atoms with Crippen molar-refractivity contribution in [3.05, 3.63) is 11.5 Å². The zero-order chi connectivity index (χ0) is 13.1. The highest BCUT2D eigenvalue weighted by Crippen LogP contribution is 2.22. The molecule has 0 aromatic carbocycles. The molecule has 0 fully saturated rings. The molecular weight excluding hydrogens is 242 g/mol. The van der Waals surface area contributed by atoms with E-state index in [1.807, 2.05) is 6.92 Å². The molecule has 98 valence electrons. The Morgan fingerprint density at radius 3 is 2.47 bits per heavy atom. The van der Waals surface area contributed by atoms with Crippen LogP contribution in [0.4, 0.5) is 0 Å². The third-order valence-electron chi connectivity index (χ3n) is 2.53. The van der Waals surface area contributed by atoms with E-state index < -0.39 is 10.0 Å². The molecule has 0 spiro atoms. The number of nitrogens with zero attached hydrogens (tertiary/aromatic N) is 2. The monoisotopic (exact) mass is 261 g/mol. The van der Waals surface area contributed by atoms with Crippen molar-refractivity contribution in [1.82, 2.24) is 14.8 Å². The Morgan fingerprint density at radius 1 is 1.41 bits per heavy atom. The highest BCUT2D eigenvalue weighted by Gasteiger charge is 2.29. The van der Waals surface area contributed by atoms with E-state index in [-0.39, 0.29) is 4.90 Å². The van der Waals surface area contributed by atoms with Crippen LogP contribution < -0.4 is 5.32 Å². The second-order valence-electron chi connectivity index (χ2n) is 3.75. The van der Waals surface area contributed by atoms with Crippen molar-refractivity contribution in [2.75, 3.05) is 26.7 Å². The number of rotatable bonds is 6. The summed E-state index contributed by atoms with van der Waals surface area (Å²) in [5, 5.41) is 6.62. The second-order valence-corrected chi connectivity index (χ2v) is 5.63. The van der Waals surface area contributed by atoms with Crippen LogP contribution in [0.5, 0.6) is 0 Å². The molecule has 0 bridgehead atoms. The highest BCUT2D eigenvalue weighted by molar-refractivity contribution is 7.89. The van der Waals surface area contributed by atoms with E-state index in [9.17, 15) is 8.42 Å². The summed E-state index contributed by atoms with van der Waals surface area (Å²) in [6, 6.07) is 0. The smallest absolute Gasteiger partial charge is 0.248 e. The molecule has 1 heterocycles. The molecule has 1 N–H and O–H groups in total. The van der Waals surface area contributed by atoms with Crippen molar-refractivity contribution in [2.45, 2.75) is 25.7 Å². The summed E-state index contributed by atoms with van der Waals surface area (Å²) < 4.78 is 31.1. The summed E-state index contributed by atoms with van der Waals surface area (Å²) in [6.45, 7) is 6.52. The number of nitrogens with one attached hydrogen (secondary N) is 1. The molecule has 0 aliphatic rings. The lowest BCUT2D eigenvalue weighted by molar-refractivity contribution is 0.388. The molecule has 0 unspecified atom stereocenters. The summed E-state index contributed by atoms with van der Waals surface area (Å²) in [5.41, 5.74) is 0.408. The van der Waals surface area contributed by atoms with Crippen LogP contribution in [0.1, 0.15) is 18.4 Å². The first kappa shape index (κ1) is 14.1. The van der Waals surface area contributed by atoms with Gasteiger partial charge < -0.3 is 9.84 Å². The third kappa shape index (κ3) is 2.85. The van der Waals surface area contributed by atoms with Gasteiger partial charge >= 0.3 is 0 Å². The van der Waals surface area contributed by atoms with Crippen molar-refractivity contribution < 1.29 is 12.9 Å². The maximum Gasteiger partial charge on any atom is 0.248 e. The van der Waals surface area contributed by atoms with E-state index >= 15 is 0 Å². The number of aromatic nitrogens is 1. The molecule has 0 saturated carbocycles. The Kier molecular flexibility index (Phi) is 4.67. The van der Waals surface area contributed by atoms with E-state index in [4.69, 9.17) is 4.52 Å². The van der Waals surface area contributed by atoms with Gasteiger partial charge in [0.2, 0.25) is 10.0 Å². The first-order chi connectivity index (χ1) is 7.95. The average Bonchev–Trinajstić information content (AvgIpc) is 2.59. The summed E-state index contributed by atoms with van der Waals surface area (Å²) in [7, 11) is -1.72. The minimum atomic E-state index is -3.50. The van der Waals surface area contributed by atoms with Crippen LogP contribution in [0.25, 0.3) is 0 Å². The summed E-state index contributed by atoms with van der Waals surface area (Å²) >= 11 is 0. The predicted molar refractivity (Wildman–Crippen MR) is 64.3 cm³/mol. The SMILES string of the molecule is CCN(CCNC)S(=O)(=O)c1c(C)noc1C. The quantitative estimate of drug-likeness (QED) is 0.808. The van der Waals surface area contributed by atoms with E-state index in [1.54, 1.807) is 20.9 Å². The van der Waals surface area contributed by atoms with Gasteiger partial charge in [0.05, 0.1) is 0 Å². The van der Waals surface area contributed by atoms with Crippen LogP contribution in [0.2, 0.25) is 0 Å². The number of hydrogen-bond donors (Lipinski definition) is 1. The molecule has 0 saturated heterocycles. The van der Waals surface area contributed by atoms with Gasteiger partial charge in [-0.05, 0) is 20.9 Å². The van der Waals surface area contributed by atoms with Crippen LogP contribution >= 0.6 is 0 Å². The normalized spacial score (nSPS) is 12.3. The Hall–Kier alpha value is -0.920. The van der Waals surface area contributed by atoms with Crippen molar-refractivity contribution in [3.8, 4) is 0 Å². The maximum absolute atomic E-state index is 12.4. The number of sulfonamides is 1. The van der Waals surface area contributed by atoms with Crippen molar-refractivity contribution in [3.63, 3.8) is 0 Å². The molecule has 0 radical (unpaired) electrons. The largest absolute Gasteiger partial charge is 0.360 e. The molecule has 6 nitrogen and oxygen atoms in total. The molecule has 0 amide bonds. The molecule has 17 heavy (non-hydrogen) atoms.